The van der Waals surface area contributed by atoms with E-state index < -0.39 is 23.4 Å². The van der Waals surface area contributed by atoms with Crippen molar-refractivity contribution in [2.24, 2.45) is 0 Å². The highest BCUT2D eigenvalue weighted by atomic mass is 19.4. The number of halogens is 3. The Hall–Kier alpha value is -2.45. The first-order valence-electron chi connectivity index (χ1n) is 5.54. The number of esters is 1. The van der Waals surface area contributed by atoms with Gasteiger partial charge in [-0.3, -0.25) is 4.98 Å². The van der Waals surface area contributed by atoms with Crippen LogP contribution in [-0.4, -0.2) is 32.3 Å². The summed E-state index contributed by atoms with van der Waals surface area (Å²) in [5.74, 6) is -1.23. The normalized spacial score (nSPS) is 11.4. The van der Waals surface area contributed by atoms with E-state index in [0.717, 1.165) is 12.4 Å². The van der Waals surface area contributed by atoms with Crippen molar-refractivity contribution in [2.45, 2.75) is 13.1 Å². The summed E-state index contributed by atoms with van der Waals surface area (Å²) < 4.78 is 44.4. The Kier molecular flexibility index (Phi) is 3.68. The summed E-state index contributed by atoms with van der Waals surface area (Å²) >= 11 is 0. The monoisotopic (exact) mass is 286 g/mol. The van der Waals surface area contributed by atoms with Crippen molar-refractivity contribution in [3.8, 4) is 5.82 Å². The van der Waals surface area contributed by atoms with Crippen molar-refractivity contribution in [1.29, 1.82) is 0 Å². The standard InChI is InChI=1S/C11H9F3N4O2/c1-2-20-10(19)7-5-17-18(9(7)11(12,13)14)8-6-15-3-4-16-8/h3-6H,2H2,1H3. The van der Waals surface area contributed by atoms with E-state index in [1.165, 1.54) is 19.3 Å². The Bertz CT molecular complexity index is 610. The van der Waals surface area contributed by atoms with Gasteiger partial charge in [0.1, 0.15) is 5.56 Å². The molecule has 0 aliphatic heterocycles. The van der Waals surface area contributed by atoms with Crippen molar-refractivity contribution in [1.82, 2.24) is 19.7 Å². The van der Waals surface area contributed by atoms with Gasteiger partial charge in [-0.05, 0) is 6.92 Å². The summed E-state index contributed by atoms with van der Waals surface area (Å²) in [6.07, 6.45) is -0.337. The Balaban J connectivity index is 2.57. The maximum atomic E-state index is 13.1. The van der Waals surface area contributed by atoms with Gasteiger partial charge in [0, 0.05) is 12.4 Å². The number of aromatic nitrogens is 4. The van der Waals surface area contributed by atoms with E-state index in [9.17, 15) is 18.0 Å². The van der Waals surface area contributed by atoms with Gasteiger partial charge in [-0.25, -0.2) is 14.5 Å². The van der Waals surface area contributed by atoms with Crippen molar-refractivity contribution >= 4 is 5.97 Å². The molecule has 0 unspecified atom stereocenters. The largest absolute Gasteiger partial charge is 0.462 e. The first kappa shape index (κ1) is 14.0. The van der Waals surface area contributed by atoms with E-state index in [1.807, 2.05) is 0 Å². The maximum Gasteiger partial charge on any atom is 0.434 e. The number of carbonyl (C=O) groups is 1. The zero-order valence-electron chi connectivity index (χ0n) is 10.3. The van der Waals surface area contributed by atoms with Gasteiger partial charge >= 0.3 is 12.1 Å². The lowest BCUT2D eigenvalue weighted by Gasteiger charge is -2.11. The second kappa shape index (κ2) is 5.27. The topological polar surface area (TPSA) is 69.9 Å². The lowest BCUT2D eigenvalue weighted by molar-refractivity contribution is -0.143. The average Bonchev–Trinajstić information content (AvgIpc) is 2.84. The predicted octanol–water partition coefficient (Wildman–Crippen LogP) is 1.86. The van der Waals surface area contributed by atoms with Gasteiger partial charge in [0.2, 0.25) is 0 Å². The molecule has 20 heavy (non-hydrogen) atoms. The molecule has 6 nitrogen and oxygen atoms in total. The van der Waals surface area contributed by atoms with Crippen LogP contribution >= 0.6 is 0 Å². The van der Waals surface area contributed by atoms with Gasteiger partial charge in [-0.15, -0.1) is 0 Å². The molecule has 0 spiro atoms. The summed E-state index contributed by atoms with van der Waals surface area (Å²) in [6.45, 7) is 1.46. The van der Waals surface area contributed by atoms with Crippen LogP contribution in [0.15, 0.2) is 24.8 Å². The Labute approximate surface area is 111 Å². The first-order chi connectivity index (χ1) is 9.45. The number of ether oxygens (including phenoxy) is 1. The van der Waals surface area contributed by atoms with Gasteiger partial charge in [0.05, 0.1) is 19.0 Å². The fraction of sp³-hybridized carbons (Fsp3) is 0.273. The molecule has 106 valence electrons. The van der Waals surface area contributed by atoms with E-state index in [4.69, 9.17) is 0 Å². The smallest absolute Gasteiger partial charge is 0.434 e. The molecule has 0 saturated heterocycles. The Morgan fingerprint density at radius 2 is 2.10 bits per heavy atom. The second-order valence-corrected chi connectivity index (χ2v) is 3.60. The Morgan fingerprint density at radius 3 is 2.65 bits per heavy atom. The summed E-state index contributed by atoms with van der Waals surface area (Å²) in [5.41, 5.74) is -1.90. The molecule has 0 N–H and O–H groups in total. The molecule has 0 bridgehead atoms. The third-order valence-corrected chi connectivity index (χ3v) is 2.30. The first-order valence-corrected chi connectivity index (χ1v) is 5.54. The van der Waals surface area contributed by atoms with E-state index in [2.05, 4.69) is 19.8 Å². The highest BCUT2D eigenvalue weighted by Crippen LogP contribution is 2.33. The molecule has 0 aromatic carbocycles. The van der Waals surface area contributed by atoms with Crippen LogP contribution in [0.4, 0.5) is 13.2 Å². The van der Waals surface area contributed by atoms with E-state index in [-0.39, 0.29) is 12.4 Å². The molecule has 0 atom stereocenters. The molecular formula is C11H9F3N4O2. The predicted molar refractivity (Wildman–Crippen MR) is 60.1 cm³/mol. The summed E-state index contributed by atoms with van der Waals surface area (Å²) in [5, 5.41) is 3.55. The van der Waals surface area contributed by atoms with E-state index >= 15 is 0 Å². The fourth-order valence-corrected chi connectivity index (χ4v) is 1.55. The number of hydrogen-bond acceptors (Lipinski definition) is 5. The molecule has 0 aliphatic carbocycles. The zero-order valence-corrected chi connectivity index (χ0v) is 10.3. The third-order valence-electron chi connectivity index (χ3n) is 2.30. The molecule has 0 radical (unpaired) electrons. The lowest BCUT2D eigenvalue weighted by Crippen LogP contribution is -2.19. The molecule has 2 aromatic heterocycles. The highest BCUT2D eigenvalue weighted by molar-refractivity contribution is 5.90. The van der Waals surface area contributed by atoms with Gasteiger partial charge in [0.15, 0.2) is 11.5 Å². The number of alkyl halides is 3. The second-order valence-electron chi connectivity index (χ2n) is 3.60. The highest BCUT2D eigenvalue weighted by Gasteiger charge is 2.41. The minimum Gasteiger partial charge on any atom is -0.462 e. The van der Waals surface area contributed by atoms with Crippen LogP contribution in [0.3, 0.4) is 0 Å². The molecule has 0 amide bonds. The van der Waals surface area contributed by atoms with Gasteiger partial charge in [0.25, 0.3) is 0 Å². The fourth-order valence-electron chi connectivity index (χ4n) is 1.55. The summed E-state index contributed by atoms with van der Waals surface area (Å²) in [6, 6.07) is 0. The summed E-state index contributed by atoms with van der Waals surface area (Å²) in [4.78, 5) is 18.9. The van der Waals surface area contributed by atoms with Gasteiger partial charge < -0.3 is 4.74 Å². The third kappa shape index (κ3) is 2.60. The minimum atomic E-state index is -4.78. The van der Waals surface area contributed by atoms with E-state index in [0.29, 0.717) is 4.68 Å². The average molecular weight is 286 g/mol. The Morgan fingerprint density at radius 1 is 1.35 bits per heavy atom. The SMILES string of the molecule is CCOC(=O)c1cnn(-c2cnccn2)c1C(F)(F)F. The van der Waals surface area contributed by atoms with Crippen molar-refractivity contribution in [3.63, 3.8) is 0 Å². The lowest BCUT2D eigenvalue weighted by atomic mass is 10.2. The quantitative estimate of drug-likeness (QED) is 0.805. The van der Waals surface area contributed by atoms with Crippen LogP contribution in [0.5, 0.6) is 0 Å². The van der Waals surface area contributed by atoms with Crippen LogP contribution in [-0.2, 0) is 10.9 Å². The molecule has 0 saturated carbocycles. The van der Waals surface area contributed by atoms with Crippen molar-refractivity contribution < 1.29 is 22.7 Å². The van der Waals surface area contributed by atoms with E-state index in [1.54, 1.807) is 0 Å². The zero-order chi connectivity index (χ0) is 14.8. The molecule has 9 heteroatoms. The molecule has 2 aromatic rings. The molecule has 0 aliphatic rings. The van der Waals surface area contributed by atoms with Crippen LogP contribution in [0.1, 0.15) is 23.0 Å². The van der Waals surface area contributed by atoms with Gasteiger partial charge in [-0.1, -0.05) is 0 Å². The van der Waals surface area contributed by atoms with Crippen LogP contribution in [0, 0.1) is 0 Å². The van der Waals surface area contributed by atoms with Crippen molar-refractivity contribution in [3.05, 3.63) is 36.0 Å². The number of carbonyl (C=O) groups excluding carboxylic acids is 1. The minimum absolute atomic E-state index is 0.0353. The number of nitrogens with zero attached hydrogens (tertiary/aromatic N) is 4. The molecule has 2 rings (SSSR count). The molecule has 0 fully saturated rings. The number of hydrogen-bond donors (Lipinski definition) is 0. The van der Waals surface area contributed by atoms with Crippen LogP contribution in [0.2, 0.25) is 0 Å². The maximum absolute atomic E-state index is 13.1. The van der Waals surface area contributed by atoms with Crippen molar-refractivity contribution in [2.75, 3.05) is 6.61 Å². The number of rotatable bonds is 3. The molecular weight excluding hydrogens is 277 g/mol. The summed E-state index contributed by atoms with van der Waals surface area (Å²) in [7, 11) is 0. The van der Waals surface area contributed by atoms with Crippen LogP contribution < -0.4 is 0 Å². The molecule has 2 heterocycles. The van der Waals surface area contributed by atoms with Gasteiger partial charge in [-0.2, -0.15) is 18.3 Å². The van der Waals surface area contributed by atoms with Crippen LogP contribution in [0.25, 0.3) is 5.82 Å².